The summed E-state index contributed by atoms with van der Waals surface area (Å²) in [5.74, 6) is -3.36. The minimum Gasteiger partial charge on any atom is -0.462 e. The van der Waals surface area contributed by atoms with Crippen molar-refractivity contribution in [1.82, 2.24) is 9.80 Å². The summed E-state index contributed by atoms with van der Waals surface area (Å²) in [6, 6.07) is 4.83. The fraction of sp³-hybridized carbons (Fsp3) is 0.353. The number of carbonyl (C=O) groups is 5. The Hall–Kier alpha value is -3.23. The van der Waals surface area contributed by atoms with E-state index in [0.717, 1.165) is 4.90 Å². The maximum atomic E-state index is 12.2. The summed E-state index contributed by atoms with van der Waals surface area (Å²) in [6.45, 7) is 4.36. The molecule has 0 atom stereocenters. The lowest BCUT2D eigenvalue weighted by molar-refractivity contribution is -0.144. The van der Waals surface area contributed by atoms with Crippen LogP contribution in [0.25, 0.3) is 0 Å². The molecule has 9 heteroatoms. The molecular formula is C17H19N3O6. The predicted molar refractivity (Wildman–Crippen MR) is 90.1 cm³/mol. The second-order valence-corrected chi connectivity index (χ2v) is 5.76. The molecule has 2 rings (SSSR count). The van der Waals surface area contributed by atoms with Crippen LogP contribution < -0.4 is 5.32 Å². The molecule has 1 fully saturated rings. The Balaban J connectivity index is 2.13. The third-order valence-electron chi connectivity index (χ3n) is 3.60. The molecule has 0 aromatic heterocycles. The molecule has 0 aliphatic carbocycles. The van der Waals surface area contributed by atoms with Gasteiger partial charge in [0.1, 0.15) is 6.54 Å². The molecule has 1 aliphatic rings. The summed E-state index contributed by atoms with van der Waals surface area (Å²) in [6.07, 6.45) is 0. The zero-order valence-corrected chi connectivity index (χ0v) is 14.6. The van der Waals surface area contributed by atoms with E-state index < -0.39 is 42.3 Å². The first-order chi connectivity index (χ1) is 12.3. The number of amides is 5. The highest BCUT2D eigenvalue weighted by Gasteiger charge is 2.46. The van der Waals surface area contributed by atoms with Crippen LogP contribution in [0.2, 0.25) is 0 Å². The quantitative estimate of drug-likeness (QED) is 0.459. The SMILES string of the molecule is CCOC(=O)c1ccccc1NC(=O)CN1C(=O)C(=O)N(C(C)C)C1=O. The van der Waals surface area contributed by atoms with Gasteiger partial charge in [-0.15, -0.1) is 0 Å². The van der Waals surface area contributed by atoms with Crippen molar-refractivity contribution >= 4 is 35.4 Å². The van der Waals surface area contributed by atoms with Crippen molar-refractivity contribution in [2.45, 2.75) is 26.8 Å². The molecule has 1 heterocycles. The number of carbonyl (C=O) groups excluding carboxylic acids is 5. The third-order valence-corrected chi connectivity index (χ3v) is 3.60. The van der Waals surface area contributed by atoms with Crippen molar-refractivity contribution < 1.29 is 28.7 Å². The molecule has 5 amide bonds. The van der Waals surface area contributed by atoms with Gasteiger partial charge < -0.3 is 10.1 Å². The Morgan fingerprint density at radius 3 is 2.35 bits per heavy atom. The number of rotatable bonds is 6. The Morgan fingerprint density at radius 1 is 1.12 bits per heavy atom. The van der Waals surface area contributed by atoms with Gasteiger partial charge in [-0.25, -0.2) is 14.5 Å². The molecule has 0 bridgehead atoms. The maximum Gasteiger partial charge on any atom is 0.340 e. The average molecular weight is 361 g/mol. The number of esters is 1. The lowest BCUT2D eigenvalue weighted by Crippen LogP contribution is -2.40. The molecule has 1 N–H and O–H groups in total. The molecule has 1 aromatic carbocycles. The van der Waals surface area contributed by atoms with Gasteiger partial charge >= 0.3 is 23.8 Å². The normalized spacial score (nSPS) is 14.2. The van der Waals surface area contributed by atoms with E-state index >= 15 is 0 Å². The van der Waals surface area contributed by atoms with Gasteiger partial charge in [0, 0.05) is 6.04 Å². The lowest BCUT2D eigenvalue weighted by Gasteiger charge is -2.18. The minimum absolute atomic E-state index is 0.140. The van der Waals surface area contributed by atoms with Crippen LogP contribution in [0.4, 0.5) is 10.5 Å². The number of imide groups is 2. The molecule has 0 saturated carbocycles. The molecule has 26 heavy (non-hydrogen) atoms. The molecule has 0 radical (unpaired) electrons. The van der Waals surface area contributed by atoms with Crippen molar-refractivity contribution in [2.24, 2.45) is 0 Å². The van der Waals surface area contributed by atoms with Crippen molar-refractivity contribution in [3.63, 3.8) is 0 Å². The van der Waals surface area contributed by atoms with Crippen LogP contribution in [0.1, 0.15) is 31.1 Å². The van der Waals surface area contributed by atoms with E-state index in [2.05, 4.69) is 5.32 Å². The predicted octanol–water partition coefficient (Wildman–Crippen LogP) is 1.00. The van der Waals surface area contributed by atoms with E-state index in [0.29, 0.717) is 4.90 Å². The molecule has 0 unspecified atom stereocenters. The number of anilines is 1. The smallest absolute Gasteiger partial charge is 0.340 e. The molecule has 1 aliphatic heterocycles. The second-order valence-electron chi connectivity index (χ2n) is 5.76. The zero-order valence-electron chi connectivity index (χ0n) is 14.6. The highest BCUT2D eigenvalue weighted by Crippen LogP contribution is 2.18. The Kier molecular flexibility index (Phi) is 5.71. The highest BCUT2D eigenvalue weighted by molar-refractivity contribution is 6.45. The Bertz CT molecular complexity index is 774. The van der Waals surface area contributed by atoms with Crippen molar-refractivity contribution in [2.75, 3.05) is 18.5 Å². The number of urea groups is 1. The van der Waals surface area contributed by atoms with Gasteiger partial charge in [-0.05, 0) is 32.9 Å². The Labute approximate surface area is 149 Å². The monoisotopic (exact) mass is 361 g/mol. The summed E-state index contributed by atoms with van der Waals surface area (Å²) in [4.78, 5) is 61.5. The number of para-hydroxylation sites is 1. The Morgan fingerprint density at radius 2 is 1.77 bits per heavy atom. The average Bonchev–Trinajstić information content (AvgIpc) is 2.79. The van der Waals surface area contributed by atoms with E-state index in [-0.39, 0.29) is 17.9 Å². The topological polar surface area (TPSA) is 113 Å². The van der Waals surface area contributed by atoms with Gasteiger partial charge in [0.2, 0.25) is 5.91 Å². The summed E-state index contributed by atoms with van der Waals surface area (Å²) in [7, 11) is 0. The summed E-state index contributed by atoms with van der Waals surface area (Å²) in [5.41, 5.74) is 0.323. The number of hydrogen-bond donors (Lipinski definition) is 1. The number of benzene rings is 1. The highest BCUT2D eigenvalue weighted by atomic mass is 16.5. The molecular weight excluding hydrogens is 342 g/mol. The first-order valence-corrected chi connectivity index (χ1v) is 8.02. The second kappa shape index (κ2) is 7.77. The molecule has 1 aromatic rings. The molecule has 1 saturated heterocycles. The van der Waals surface area contributed by atoms with Crippen molar-refractivity contribution in [3.8, 4) is 0 Å². The van der Waals surface area contributed by atoms with E-state index in [1.165, 1.54) is 12.1 Å². The summed E-state index contributed by atoms with van der Waals surface area (Å²) >= 11 is 0. The van der Waals surface area contributed by atoms with Crippen LogP contribution >= 0.6 is 0 Å². The van der Waals surface area contributed by atoms with Crippen molar-refractivity contribution in [1.29, 1.82) is 0 Å². The first-order valence-electron chi connectivity index (χ1n) is 8.02. The van der Waals surface area contributed by atoms with E-state index in [4.69, 9.17) is 4.74 Å². The summed E-state index contributed by atoms with van der Waals surface area (Å²) in [5, 5.41) is 2.46. The molecule has 0 spiro atoms. The molecule has 138 valence electrons. The largest absolute Gasteiger partial charge is 0.462 e. The van der Waals surface area contributed by atoms with E-state index in [1.54, 1.807) is 32.9 Å². The number of ether oxygens (including phenoxy) is 1. The van der Waals surface area contributed by atoms with E-state index in [1.807, 2.05) is 0 Å². The number of nitrogens with zero attached hydrogens (tertiary/aromatic N) is 2. The lowest BCUT2D eigenvalue weighted by atomic mass is 10.2. The third kappa shape index (κ3) is 3.71. The maximum absolute atomic E-state index is 12.2. The van der Waals surface area contributed by atoms with Gasteiger partial charge in [0.05, 0.1) is 17.9 Å². The zero-order chi connectivity index (χ0) is 19.4. The standard InChI is InChI=1S/C17H19N3O6/c1-4-26-16(24)11-7-5-6-8-12(11)18-13(21)9-19-14(22)15(23)20(10(2)3)17(19)25/h5-8,10H,4,9H2,1-3H3,(H,18,21). The first kappa shape index (κ1) is 19.1. The van der Waals surface area contributed by atoms with Crippen LogP contribution in [0.15, 0.2) is 24.3 Å². The van der Waals surface area contributed by atoms with Crippen LogP contribution in [0.3, 0.4) is 0 Å². The van der Waals surface area contributed by atoms with Crippen LogP contribution in [0.5, 0.6) is 0 Å². The van der Waals surface area contributed by atoms with Crippen molar-refractivity contribution in [3.05, 3.63) is 29.8 Å². The van der Waals surface area contributed by atoms with Gasteiger partial charge in [-0.3, -0.25) is 19.3 Å². The van der Waals surface area contributed by atoms with Gasteiger partial charge in [0.25, 0.3) is 0 Å². The molecule has 9 nitrogen and oxygen atoms in total. The number of nitrogens with one attached hydrogen (secondary N) is 1. The fourth-order valence-corrected chi connectivity index (χ4v) is 2.43. The minimum atomic E-state index is -1.06. The van der Waals surface area contributed by atoms with Crippen LogP contribution in [-0.2, 0) is 19.1 Å². The van der Waals surface area contributed by atoms with Gasteiger partial charge in [-0.2, -0.15) is 0 Å². The van der Waals surface area contributed by atoms with E-state index in [9.17, 15) is 24.0 Å². The van der Waals surface area contributed by atoms with Gasteiger partial charge in [0.15, 0.2) is 0 Å². The van der Waals surface area contributed by atoms with Gasteiger partial charge in [-0.1, -0.05) is 12.1 Å². The number of hydrogen-bond acceptors (Lipinski definition) is 6. The van der Waals surface area contributed by atoms with Crippen LogP contribution in [-0.4, -0.2) is 58.7 Å². The summed E-state index contributed by atoms with van der Waals surface area (Å²) < 4.78 is 4.91. The van der Waals surface area contributed by atoms with Crippen LogP contribution in [0, 0.1) is 0 Å². The fourth-order valence-electron chi connectivity index (χ4n) is 2.43.